The van der Waals surface area contributed by atoms with Crippen LogP contribution in [0.15, 0.2) is 0 Å². The van der Waals surface area contributed by atoms with Gasteiger partial charge in [-0.2, -0.15) is 0 Å². The van der Waals surface area contributed by atoms with E-state index in [0.29, 0.717) is 31.6 Å². The van der Waals surface area contributed by atoms with Crippen LogP contribution in [0.3, 0.4) is 0 Å². The normalized spacial score (nSPS) is 16.9. The summed E-state index contributed by atoms with van der Waals surface area (Å²) in [6.45, 7) is 4.22. The molecule has 0 saturated heterocycles. The van der Waals surface area contributed by atoms with Gasteiger partial charge >= 0.3 is 5.97 Å². The van der Waals surface area contributed by atoms with Gasteiger partial charge in [0.15, 0.2) is 6.10 Å². The maximum absolute atomic E-state index is 10.5. The van der Waals surface area contributed by atoms with Crippen molar-refractivity contribution in [1.29, 1.82) is 0 Å². The Morgan fingerprint density at radius 2 is 1.14 bits per heavy atom. The highest BCUT2D eigenvalue weighted by molar-refractivity contribution is 5.71. The lowest BCUT2D eigenvalue weighted by molar-refractivity contribution is -0.146. The van der Waals surface area contributed by atoms with Gasteiger partial charge in [0.05, 0.1) is 18.3 Å². The zero-order valence-corrected chi connectivity index (χ0v) is 18.6. The maximum atomic E-state index is 10.5. The average Bonchev–Trinajstić information content (AvgIpc) is 2.66. The molecule has 5 unspecified atom stereocenters. The Hall–Kier alpha value is -0.690. The summed E-state index contributed by atoms with van der Waals surface area (Å²) in [5.74, 6) is -0.811. The number of hydrogen-bond donors (Lipinski definition) is 5. The van der Waals surface area contributed by atoms with Gasteiger partial charge in [-0.25, -0.2) is 4.79 Å². The van der Waals surface area contributed by atoms with Gasteiger partial charge in [0.1, 0.15) is 0 Å². The summed E-state index contributed by atoms with van der Waals surface area (Å²) < 4.78 is 0. The summed E-state index contributed by atoms with van der Waals surface area (Å²) in [7, 11) is 0. The smallest absolute Gasteiger partial charge is 0.332 e. The molecule has 0 aromatic carbocycles. The number of carbonyl (C=O) groups is 1. The number of aliphatic hydroxyl groups excluding tert-OH is 4. The van der Waals surface area contributed by atoms with Crippen molar-refractivity contribution >= 4 is 5.97 Å². The third-order valence-corrected chi connectivity index (χ3v) is 5.78. The second-order valence-corrected chi connectivity index (χ2v) is 8.71. The zero-order valence-electron chi connectivity index (χ0n) is 18.6. The van der Waals surface area contributed by atoms with Gasteiger partial charge in [-0.05, 0) is 44.4 Å². The van der Waals surface area contributed by atoms with Crippen LogP contribution in [0.25, 0.3) is 0 Å². The average molecular weight is 419 g/mol. The summed E-state index contributed by atoms with van der Waals surface area (Å²) in [6, 6.07) is 0. The van der Waals surface area contributed by atoms with E-state index in [9.17, 15) is 25.2 Å². The number of aliphatic hydroxyl groups is 4. The maximum Gasteiger partial charge on any atom is 0.332 e. The van der Waals surface area contributed by atoms with Crippen LogP contribution in [0.5, 0.6) is 0 Å². The van der Waals surface area contributed by atoms with Crippen molar-refractivity contribution in [1.82, 2.24) is 0 Å². The molecule has 29 heavy (non-hydrogen) atoms. The third-order valence-electron chi connectivity index (χ3n) is 5.78. The molecular formula is C23H46O6. The molecule has 174 valence electrons. The fraction of sp³-hybridized carbons (Fsp3) is 0.957. The van der Waals surface area contributed by atoms with Crippen LogP contribution in [-0.4, -0.2) is 55.9 Å². The Balaban J connectivity index is 3.54. The molecule has 0 aliphatic heterocycles. The highest BCUT2D eigenvalue weighted by Gasteiger charge is 2.14. The lowest BCUT2D eigenvalue weighted by Crippen LogP contribution is -2.19. The first-order chi connectivity index (χ1) is 13.8. The van der Waals surface area contributed by atoms with E-state index in [0.717, 1.165) is 57.8 Å². The largest absolute Gasteiger partial charge is 0.479 e. The second-order valence-electron chi connectivity index (χ2n) is 8.71. The van der Waals surface area contributed by atoms with Crippen molar-refractivity contribution in [2.24, 2.45) is 5.92 Å². The first-order valence-corrected chi connectivity index (χ1v) is 11.7. The minimum absolute atomic E-state index is 0.169. The number of rotatable bonds is 20. The molecule has 0 saturated carbocycles. The van der Waals surface area contributed by atoms with Crippen molar-refractivity contribution in [2.75, 3.05) is 0 Å². The molecule has 5 atom stereocenters. The van der Waals surface area contributed by atoms with Crippen LogP contribution in [0.1, 0.15) is 110 Å². The van der Waals surface area contributed by atoms with E-state index in [4.69, 9.17) is 5.11 Å². The molecule has 0 aliphatic rings. The van der Waals surface area contributed by atoms with Crippen LogP contribution >= 0.6 is 0 Å². The molecule has 0 aliphatic carbocycles. The van der Waals surface area contributed by atoms with Gasteiger partial charge < -0.3 is 25.5 Å². The summed E-state index contributed by atoms with van der Waals surface area (Å²) in [5.41, 5.74) is 0. The van der Waals surface area contributed by atoms with Crippen LogP contribution in [0.4, 0.5) is 0 Å². The van der Waals surface area contributed by atoms with Crippen LogP contribution in [0, 0.1) is 5.92 Å². The minimum Gasteiger partial charge on any atom is -0.479 e. The minimum atomic E-state index is -1.29. The molecule has 0 amide bonds. The van der Waals surface area contributed by atoms with E-state index in [-0.39, 0.29) is 12.5 Å². The summed E-state index contributed by atoms with van der Waals surface area (Å²) in [5, 5.41) is 47.8. The Morgan fingerprint density at radius 1 is 0.690 bits per heavy atom. The lowest BCUT2D eigenvalue weighted by atomic mass is 9.94. The van der Waals surface area contributed by atoms with Gasteiger partial charge in [-0.3, -0.25) is 0 Å². The Bertz CT molecular complexity index is 390. The topological polar surface area (TPSA) is 118 Å². The first kappa shape index (κ1) is 28.3. The standard InChI is InChI=1S/C23H46O6/c1-3-12-21(26)18(2)13-8-5-4-6-9-14-19(24)17-20(25)15-10-7-11-16-22(27)23(28)29/h18-22,24-27H,3-17H2,1-2H3,(H,28,29). The highest BCUT2D eigenvalue weighted by Crippen LogP contribution is 2.18. The van der Waals surface area contributed by atoms with Crippen LogP contribution < -0.4 is 0 Å². The van der Waals surface area contributed by atoms with Crippen LogP contribution in [-0.2, 0) is 4.79 Å². The number of aliphatic carboxylic acids is 1. The quantitative estimate of drug-likeness (QED) is 0.191. The predicted molar refractivity (Wildman–Crippen MR) is 116 cm³/mol. The Kier molecular flexibility index (Phi) is 17.7. The molecule has 0 aromatic rings. The van der Waals surface area contributed by atoms with Crippen molar-refractivity contribution in [3.8, 4) is 0 Å². The third kappa shape index (κ3) is 16.8. The van der Waals surface area contributed by atoms with Crippen molar-refractivity contribution in [3.05, 3.63) is 0 Å². The van der Waals surface area contributed by atoms with Gasteiger partial charge in [-0.1, -0.05) is 71.6 Å². The molecule has 0 rings (SSSR count). The van der Waals surface area contributed by atoms with Crippen molar-refractivity contribution in [3.63, 3.8) is 0 Å². The van der Waals surface area contributed by atoms with E-state index >= 15 is 0 Å². The van der Waals surface area contributed by atoms with E-state index in [1.165, 1.54) is 6.42 Å². The molecule has 0 fully saturated rings. The second kappa shape index (κ2) is 18.1. The van der Waals surface area contributed by atoms with Gasteiger partial charge in [0, 0.05) is 0 Å². The van der Waals surface area contributed by atoms with E-state index < -0.39 is 24.3 Å². The summed E-state index contributed by atoms with van der Waals surface area (Å²) >= 11 is 0. The number of unbranched alkanes of at least 4 members (excludes halogenated alkanes) is 6. The van der Waals surface area contributed by atoms with Gasteiger partial charge in [-0.15, -0.1) is 0 Å². The molecule has 6 heteroatoms. The fourth-order valence-electron chi connectivity index (χ4n) is 3.72. The van der Waals surface area contributed by atoms with Crippen molar-refractivity contribution in [2.45, 2.75) is 135 Å². The molecule has 6 nitrogen and oxygen atoms in total. The molecule has 0 heterocycles. The zero-order chi connectivity index (χ0) is 22.1. The van der Waals surface area contributed by atoms with E-state index in [1.807, 2.05) is 0 Å². The monoisotopic (exact) mass is 418 g/mol. The van der Waals surface area contributed by atoms with Crippen molar-refractivity contribution < 1.29 is 30.3 Å². The molecule has 0 aromatic heterocycles. The molecule has 5 N–H and O–H groups in total. The predicted octanol–water partition coefficient (Wildman–Crippen LogP) is 4.02. The Labute approximate surface area is 177 Å². The summed E-state index contributed by atoms with van der Waals surface area (Å²) in [4.78, 5) is 10.5. The fourth-order valence-corrected chi connectivity index (χ4v) is 3.72. The van der Waals surface area contributed by atoms with Crippen LogP contribution in [0.2, 0.25) is 0 Å². The lowest BCUT2D eigenvalue weighted by Gasteiger charge is -2.18. The Morgan fingerprint density at radius 3 is 1.66 bits per heavy atom. The summed E-state index contributed by atoms with van der Waals surface area (Å²) in [6.07, 6.45) is 10.2. The molecule has 0 bridgehead atoms. The molecule has 0 spiro atoms. The SMILES string of the molecule is CCCC(O)C(C)CCCCCCCC(O)CC(O)CCCCCC(O)C(=O)O. The van der Waals surface area contributed by atoms with Gasteiger partial charge in [0.25, 0.3) is 0 Å². The number of carboxylic acid groups (broad SMARTS) is 1. The van der Waals surface area contributed by atoms with Gasteiger partial charge in [0.2, 0.25) is 0 Å². The van der Waals surface area contributed by atoms with E-state index in [2.05, 4.69) is 13.8 Å². The number of carboxylic acids is 1. The first-order valence-electron chi connectivity index (χ1n) is 11.7. The molecule has 0 radical (unpaired) electrons. The van der Waals surface area contributed by atoms with E-state index in [1.54, 1.807) is 0 Å². The number of hydrogen-bond acceptors (Lipinski definition) is 5. The molecular weight excluding hydrogens is 372 g/mol. The highest BCUT2D eigenvalue weighted by atomic mass is 16.4.